The van der Waals surface area contributed by atoms with Crippen molar-refractivity contribution in [3.8, 4) is 0 Å². The van der Waals surface area contributed by atoms with Crippen molar-refractivity contribution in [1.82, 2.24) is 0 Å². The number of carbonyl (C=O) groups is 2. The second-order valence-electron chi connectivity index (χ2n) is 1.31. The van der Waals surface area contributed by atoms with Crippen LogP contribution in [0.4, 0.5) is 0 Å². The average molecular weight is 226 g/mol. The Bertz CT molecular complexity index is 193. The minimum Gasteiger partial charge on any atom is -0.477 e. The smallest absolute Gasteiger partial charge is 0.343 e. The minimum atomic E-state index is -1.41. The second kappa shape index (κ2) is 8.96. The summed E-state index contributed by atoms with van der Waals surface area (Å²) in [6, 6.07) is 0. The first-order chi connectivity index (χ1) is 4.46. The minimum absolute atomic E-state index is 0. The first kappa shape index (κ1) is 19.0. The Hall–Kier alpha value is 1.38. The van der Waals surface area contributed by atoms with Crippen molar-refractivity contribution in [2.24, 2.45) is 0 Å². The van der Waals surface area contributed by atoms with Crippen molar-refractivity contribution in [2.45, 2.75) is 0 Å². The number of hydrogen-bond acceptors (Lipinski definition) is 4. The molecule has 0 aromatic carbocycles. The van der Waals surface area contributed by atoms with E-state index in [1.165, 1.54) is 0 Å². The number of thiol groups is 2. The van der Waals surface area contributed by atoms with Gasteiger partial charge in [0.2, 0.25) is 0 Å². The van der Waals surface area contributed by atoms with E-state index in [9.17, 15) is 9.59 Å². The Balaban J connectivity index is -0.000000405. The van der Waals surface area contributed by atoms with E-state index < -0.39 is 21.7 Å². The number of carboxylic acids is 2. The summed E-state index contributed by atoms with van der Waals surface area (Å²) in [7, 11) is 0. The molecule has 0 spiro atoms. The molecule has 0 aromatic heterocycles. The largest absolute Gasteiger partial charge is 0.477 e. The molecule has 0 aliphatic rings. The molecule has 0 saturated heterocycles. The summed E-state index contributed by atoms with van der Waals surface area (Å²) in [4.78, 5) is 18.9. The van der Waals surface area contributed by atoms with Gasteiger partial charge < -0.3 is 10.2 Å². The summed E-state index contributed by atoms with van der Waals surface area (Å²) >= 11 is 6.76. The van der Waals surface area contributed by atoms with E-state index in [-0.39, 0.29) is 59.1 Å². The van der Waals surface area contributed by atoms with E-state index >= 15 is 0 Å². The van der Waals surface area contributed by atoms with Crippen molar-refractivity contribution in [3.05, 3.63) is 9.81 Å². The number of hydrogen-bond donors (Lipinski definition) is 4. The van der Waals surface area contributed by atoms with E-state index in [0.29, 0.717) is 0 Å². The molecule has 58 valence electrons. The van der Waals surface area contributed by atoms with Crippen LogP contribution in [0.3, 0.4) is 0 Å². The summed E-state index contributed by atoms with van der Waals surface area (Å²) in [5.41, 5.74) is 0. The maximum absolute atomic E-state index is 10.00. The van der Waals surface area contributed by atoms with Crippen molar-refractivity contribution in [1.29, 1.82) is 0 Å². The van der Waals surface area contributed by atoms with Crippen LogP contribution in [-0.4, -0.2) is 81.3 Å². The van der Waals surface area contributed by atoms with Gasteiger partial charge in [0, 0.05) is 59.1 Å². The maximum atomic E-state index is 10.00. The summed E-state index contributed by atoms with van der Waals surface area (Å²) in [5.74, 6) is -2.81. The van der Waals surface area contributed by atoms with Crippen LogP contribution in [0, 0.1) is 0 Å². The normalized spacial score (nSPS) is 10.2. The van der Waals surface area contributed by atoms with Gasteiger partial charge in [0.15, 0.2) is 0 Å². The van der Waals surface area contributed by atoms with Crippen LogP contribution in [0.1, 0.15) is 0 Å². The summed E-state index contributed by atoms with van der Waals surface area (Å²) < 4.78 is 0. The summed E-state index contributed by atoms with van der Waals surface area (Å²) in [6.07, 6.45) is 0. The van der Waals surface area contributed by atoms with Crippen LogP contribution >= 0.6 is 25.3 Å². The van der Waals surface area contributed by atoms with E-state index in [1.807, 2.05) is 0 Å². The topological polar surface area (TPSA) is 74.6 Å². The maximum Gasteiger partial charge on any atom is 0.343 e. The third-order valence-electron chi connectivity index (χ3n) is 0.629. The van der Waals surface area contributed by atoms with Crippen molar-refractivity contribution in [2.75, 3.05) is 0 Å². The third kappa shape index (κ3) is 6.85. The molecule has 0 bridgehead atoms. The standard InChI is InChI=1S/C4H4O4S2.2Na/c5-3(6)1(9)2(10)4(7)8;;/h9-10H,(H,5,6)(H,7,8);;/b2-1-;;. The van der Waals surface area contributed by atoms with Crippen molar-refractivity contribution < 1.29 is 19.8 Å². The molecule has 0 rings (SSSR count). The molecule has 12 heavy (non-hydrogen) atoms. The van der Waals surface area contributed by atoms with Gasteiger partial charge >= 0.3 is 11.9 Å². The quantitative estimate of drug-likeness (QED) is 0.290. The van der Waals surface area contributed by atoms with Gasteiger partial charge in [-0.2, -0.15) is 0 Å². The van der Waals surface area contributed by atoms with Crippen LogP contribution in [-0.2, 0) is 9.59 Å². The molecular formula is C4H4Na2O4S2. The van der Waals surface area contributed by atoms with E-state index in [2.05, 4.69) is 25.3 Å². The molecule has 0 saturated carbocycles. The van der Waals surface area contributed by atoms with Crippen LogP contribution < -0.4 is 0 Å². The molecule has 0 unspecified atom stereocenters. The molecule has 2 radical (unpaired) electrons. The molecule has 0 aliphatic heterocycles. The predicted octanol–water partition coefficient (Wildman–Crippen LogP) is -0.535. The molecule has 0 aromatic rings. The monoisotopic (exact) mass is 226 g/mol. The first-order valence-corrected chi connectivity index (χ1v) is 2.95. The molecule has 0 atom stereocenters. The van der Waals surface area contributed by atoms with E-state index in [4.69, 9.17) is 10.2 Å². The Morgan fingerprint density at radius 3 is 1.08 bits per heavy atom. The van der Waals surface area contributed by atoms with Crippen molar-refractivity contribution >= 4 is 96.3 Å². The fraction of sp³-hybridized carbons (Fsp3) is 0. The van der Waals surface area contributed by atoms with Gasteiger partial charge in [0.05, 0.1) is 0 Å². The molecule has 8 heteroatoms. The Labute approximate surface area is 124 Å². The second-order valence-corrected chi connectivity index (χ2v) is 2.20. The number of carboxylic acid groups (broad SMARTS) is 2. The molecule has 0 aliphatic carbocycles. The van der Waals surface area contributed by atoms with E-state index in [1.54, 1.807) is 0 Å². The molecule has 0 amide bonds. The summed E-state index contributed by atoms with van der Waals surface area (Å²) in [5, 5.41) is 16.3. The molecule has 4 nitrogen and oxygen atoms in total. The Morgan fingerprint density at radius 2 is 1.00 bits per heavy atom. The molecule has 0 fully saturated rings. The zero-order chi connectivity index (χ0) is 8.31. The van der Waals surface area contributed by atoms with Gasteiger partial charge in [-0.3, -0.25) is 0 Å². The average Bonchev–Trinajstić information content (AvgIpc) is 1.84. The zero-order valence-electron chi connectivity index (χ0n) is 6.61. The summed E-state index contributed by atoms with van der Waals surface area (Å²) in [6.45, 7) is 0. The fourth-order valence-corrected chi connectivity index (χ4v) is 0.394. The van der Waals surface area contributed by atoms with Crippen molar-refractivity contribution in [3.63, 3.8) is 0 Å². The SMILES string of the molecule is O=C(O)/C(S)=C(/S)C(=O)O.[Na].[Na]. The van der Waals surface area contributed by atoms with Crippen LogP contribution in [0.5, 0.6) is 0 Å². The molecule has 2 N–H and O–H groups in total. The Morgan fingerprint density at radius 1 is 0.833 bits per heavy atom. The van der Waals surface area contributed by atoms with E-state index in [0.717, 1.165) is 0 Å². The number of aliphatic carboxylic acids is 2. The van der Waals surface area contributed by atoms with Gasteiger partial charge in [0.1, 0.15) is 9.81 Å². The predicted molar refractivity (Wildman–Crippen MR) is 51.8 cm³/mol. The molecular weight excluding hydrogens is 222 g/mol. The van der Waals surface area contributed by atoms with Gasteiger partial charge in [-0.15, -0.1) is 25.3 Å². The van der Waals surface area contributed by atoms with Crippen LogP contribution in [0.2, 0.25) is 0 Å². The van der Waals surface area contributed by atoms with Gasteiger partial charge in [0.25, 0.3) is 0 Å². The van der Waals surface area contributed by atoms with Gasteiger partial charge in [-0.05, 0) is 0 Å². The fourth-order valence-electron chi connectivity index (χ4n) is 0.203. The van der Waals surface area contributed by atoms with Crippen LogP contribution in [0.15, 0.2) is 9.81 Å². The zero-order valence-corrected chi connectivity index (χ0v) is 12.4. The Kier molecular flexibility index (Phi) is 14.2. The van der Waals surface area contributed by atoms with Gasteiger partial charge in [-0.25, -0.2) is 9.59 Å². The number of rotatable bonds is 2. The van der Waals surface area contributed by atoms with Crippen LogP contribution in [0.25, 0.3) is 0 Å². The molecule has 0 heterocycles. The van der Waals surface area contributed by atoms with Gasteiger partial charge in [-0.1, -0.05) is 0 Å². The third-order valence-corrected chi connectivity index (χ3v) is 1.64. The first-order valence-electron chi connectivity index (χ1n) is 2.05.